The third-order valence-corrected chi connectivity index (χ3v) is 4.21. The fraction of sp³-hybridized carbons (Fsp3) is 0.429. The monoisotopic (exact) mass is 310 g/mol. The summed E-state index contributed by atoms with van der Waals surface area (Å²) in [6, 6.07) is 11.9. The van der Waals surface area contributed by atoms with Gasteiger partial charge in [0.2, 0.25) is 0 Å². The number of thiocarbonyl (C=S) groups is 1. The lowest BCUT2D eigenvalue weighted by Gasteiger charge is -2.23. The molecular formula is C14H18N2O2S2. The minimum Gasteiger partial charge on any atom is -0.394 e. The van der Waals surface area contributed by atoms with Crippen LogP contribution in [0.4, 0.5) is 5.69 Å². The van der Waals surface area contributed by atoms with E-state index in [1.807, 2.05) is 42.3 Å². The van der Waals surface area contributed by atoms with E-state index in [0.717, 1.165) is 5.69 Å². The SMILES string of the molecule is CN(C(=S)SC(CCC#N)OCCO)c1ccccc1. The number of para-hydroxylation sites is 1. The molecule has 20 heavy (non-hydrogen) atoms. The molecule has 0 heterocycles. The zero-order valence-electron chi connectivity index (χ0n) is 11.4. The Balaban J connectivity index is 2.58. The lowest BCUT2D eigenvalue weighted by Crippen LogP contribution is -2.25. The number of thioether (sulfide) groups is 1. The Morgan fingerprint density at radius 3 is 2.80 bits per heavy atom. The smallest absolute Gasteiger partial charge is 0.143 e. The van der Waals surface area contributed by atoms with Crippen molar-refractivity contribution in [2.24, 2.45) is 0 Å². The van der Waals surface area contributed by atoms with Crippen molar-refractivity contribution in [3.63, 3.8) is 0 Å². The maximum absolute atomic E-state index is 8.82. The Kier molecular flexibility index (Phi) is 8.23. The summed E-state index contributed by atoms with van der Waals surface area (Å²) < 4.78 is 6.18. The number of aliphatic hydroxyl groups excluding tert-OH is 1. The van der Waals surface area contributed by atoms with Gasteiger partial charge in [0.15, 0.2) is 0 Å². The molecule has 0 bridgehead atoms. The van der Waals surface area contributed by atoms with Crippen molar-refractivity contribution >= 4 is 34.0 Å². The predicted molar refractivity (Wildman–Crippen MR) is 86.7 cm³/mol. The highest BCUT2D eigenvalue weighted by molar-refractivity contribution is 8.23. The number of nitriles is 1. The Hall–Kier alpha value is -1.13. The van der Waals surface area contributed by atoms with Gasteiger partial charge in [-0.25, -0.2) is 0 Å². The van der Waals surface area contributed by atoms with Gasteiger partial charge in [-0.2, -0.15) is 5.26 Å². The van der Waals surface area contributed by atoms with Crippen molar-refractivity contribution in [1.82, 2.24) is 0 Å². The molecule has 1 aromatic rings. The quantitative estimate of drug-likeness (QED) is 0.617. The first-order valence-corrected chi connectivity index (χ1v) is 7.56. The molecule has 0 aromatic heterocycles. The summed E-state index contributed by atoms with van der Waals surface area (Å²) in [6.07, 6.45) is 0.991. The van der Waals surface area contributed by atoms with Crippen LogP contribution in [0.15, 0.2) is 30.3 Å². The van der Waals surface area contributed by atoms with Gasteiger partial charge in [0.1, 0.15) is 9.76 Å². The molecule has 6 heteroatoms. The van der Waals surface area contributed by atoms with Crippen LogP contribution in [0.25, 0.3) is 0 Å². The Labute approximate surface area is 129 Å². The van der Waals surface area contributed by atoms with Gasteiger partial charge in [-0.1, -0.05) is 42.2 Å². The molecule has 0 fully saturated rings. The van der Waals surface area contributed by atoms with E-state index in [-0.39, 0.29) is 18.6 Å². The predicted octanol–water partition coefficient (Wildman–Crippen LogP) is 2.78. The van der Waals surface area contributed by atoms with E-state index in [2.05, 4.69) is 6.07 Å². The molecular weight excluding hydrogens is 292 g/mol. The molecule has 1 rings (SSSR count). The third kappa shape index (κ3) is 5.88. The van der Waals surface area contributed by atoms with Crippen molar-refractivity contribution in [3.05, 3.63) is 30.3 Å². The molecule has 0 aliphatic heterocycles. The van der Waals surface area contributed by atoms with Gasteiger partial charge >= 0.3 is 0 Å². The van der Waals surface area contributed by atoms with Gasteiger partial charge in [0, 0.05) is 19.2 Å². The zero-order valence-corrected chi connectivity index (χ0v) is 13.0. The largest absolute Gasteiger partial charge is 0.394 e. The number of ether oxygens (including phenoxy) is 1. The fourth-order valence-electron chi connectivity index (χ4n) is 1.49. The Morgan fingerprint density at radius 1 is 1.50 bits per heavy atom. The summed E-state index contributed by atoms with van der Waals surface area (Å²) in [5, 5.41) is 17.5. The van der Waals surface area contributed by atoms with E-state index in [0.29, 0.717) is 17.2 Å². The molecule has 4 nitrogen and oxygen atoms in total. The van der Waals surface area contributed by atoms with Gasteiger partial charge in [0.05, 0.1) is 19.3 Å². The Morgan fingerprint density at radius 2 is 2.20 bits per heavy atom. The summed E-state index contributed by atoms with van der Waals surface area (Å²) in [5.41, 5.74) is 0.798. The highest BCUT2D eigenvalue weighted by Crippen LogP contribution is 2.24. The van der Waals surface area contributed by atoms with Crippen LogP contribution in [0.3, 0.4) is 0 Å². The highest BCUT2D eigenvalue weighted by Gasteiger charge is 2.16. The van der Waals surface area contributed by atoms with E-state index in [4.69, 9.17) is 27.3 Å². The topological polar surface area (TPSA) is 56.5 Å². The number of benzene rings is 1. The van der Waals surface area contributed by atoms with Crippen LogP contribution in [0, 0.1) is 11.3 Å². The van der Waals surface area contributed by atoms with E-state index in [1.165, 1.54) is 11.8 Å². The number of nitrogens with zero attached hydrogens (tertiary/aromatic N) is 2. The number of anilines is 1. The van der Waals surface area contributed by atoms with Crippen LogP contribution >= 0.6 is 24.0 Å². The number of aliphatic hydroxyl groups is 1. The minimum atomic E-state index is -0.208. The van der Waals surface area contributed by atoms with E-state index >= 15 is 0 Å². The molecule has 1 unspecified atom stereocenters. The second-order valence-electron chi connectivity index (χ2n) is 4.00. The minimum absolute atomic E-state index is 0.0368. The van der Waals surface area contributed by atoms with Gasteiger partial charge < -0.3 is 14.7 Å². The van der Waals surface area contributed by atoms with Crippen molar-refractivity contribution in [1.29, 1.82) is 5.26 Å². The van der Waals surface area contributed by atoms with Crippen LogP contribution in [0.2, 0.25) is 0 Å². The fourth-order valence-corrected chi connectivity index (χ4v) is 2.81. The molecule has 0 aliphatic rings. The number of rotatable bonds is 7. The van der Waals surface area contributed by atoms with Crippen molar-refractivity contribution in [2.75, 3.05) is 25.2 Å². The van der Waals surface area contributed by atoms with Gasteiger partial charge in [-0.05, 0) is 18.6 Å². The molecule has 0 saturated carbocycles. The van der Waals surface area contributed by atoms with Crippen LogP contribution in [0.1, 0.15) is 12.8 Å². The second kappa shape index (κ2) is 9.72. The summed E-state index contributed by atoms with van der Waals surface area (Å²) in [7, 11) is 1.90. The molecule has 0 saturated heterocycles. The van der Waals surface area contributed by atoms with Crippen LogP contribution in [0.5, 0.6) is 0 Å². The molecule has 108 valence electrons. The van der Waals surface area contributed by atoms with Gasteiger partial charge in [-0.15, -0.1) is 0 Å². The van der Waals surface area contributed by atoms with Crippen LogP contribution in [-0.2, 0) is 4.74 Å². The highest BCUT2D eigenvalue weighted by atomic mass is 32.2. The first-order valence-electron chi connectivity index (χ1n) is 6.28. The molecule has 1 N–H and O–H groups in total. The summed E-state index contributed by atoms with van der Waals surface area (Å²) in [5.74, 6) is 0. The average molecular weight is 310 g/mol. The third-order valence-electron chi connectivity index (χ3n) is 2.54. The van der Waals surface area contributed by atoms with Gasteiger partial charge in [-0.3, -0.25) is 0 Å². The van der Waals surface area contributed by atoms with E-state index in [1.54, 1.807) is 0 Å². The van der Waals surface area contributed by atoms with Crippen molar-refractivity contribution < 1.29 is 9.84 Å². The molecule has 0 aliphatic carbocycles. The van der Waals surface area contributed by atoms with Crippen molar-refractivity contribution in [2.45, 2.75) is 18.3 Å². The number of hydrogen-bond donors (Lipinski definition) is 1. The van der Waals surface area contributed by atoms with Crippen LogP contribution < -0.4 is 4.90 Å². The molecule has 0 spiro atoms. The zero-order chi connectivity index (χ0) is 14.8. The molecule has 1 atom stereocenters. The second-order valence-corrected chi connectivity index (χ2v) is 5.79. The van der Waals surface area contributed by atoms with Gasteiger partial charge in [0.25, 0.3) is 0 Å². The molecule has 0 amide bonds. The van der Waals surface area contributed by atoms with E-state index in [9.17, 15) is 0 Å². The maximum atomic E-state index is 8.82. The van der Waals surface area contributed by atoms with Crippen LogP contribution in [-0.4, -0.2) is 35.1 Å². The Bertz CT molecular complexity index is 448. The first-order chi connectivity index (χ1) is 9.69. The summed E-state index contributed by atoms with van der Waals surface area (Å²) >= 11 is 6.80. The summed E-state index contributed by atoms with van der Waals surface area (Å²) in [6.45, 7) is 0.214. The lowest BCUT2D eigenvalue weighted by atomic mass is 10.3. The molecule has 1 aromatic carbocycles. The van der Waals surface area contributed by atoms with E-state index < -0.39 is 0 Å². The van der Waals surface area contributed by atoms with Crippen molar-refractivity contribution in [3.8, 4) is 6.07 Å². The maximum Gasteiger partial charge on any atom is 0.143 e. The summed E-state index contributed by atoms with van der Waals surface area (Å²) in [4.78, 5) is 1.90. The lowest BCUT2D eigenvalue weighted by molar-refractivity contribution is 0.0731. The first kappa shape index (κ1) is 16.9. The molecule has 0 radical (unpaired) electrons. The standard InChI is InChI=1S/C14H18N2O2S2/c1-16(12-6-3-2-4-7-12)14(19)20-13(8-5-9-15)18-11-10-17/h2-4,6-7,13,17H,5,8,10-11H2,1H3. The average Bonchev–Trinajstić information content (AvgIpc) is 2.49. The number of hydrogen-bond acceptors (Lipinski definition) is 5. The normalized spacial score (nSPS) is 11.7.